The number of hydrogen-bond acceptors (Lipinski definition) is 3. The van der Waals surface area contributed by atoms with Crippen LogP contribution >= 0.6 is 15.9 Å². The molecular formula is C5H8BrNO3. The Labute approximate surface area is 67.1 Å². The molecule has 0 saturated carbocycles. The molecule has 0 spiro atoms. The summed E-state index contributed by atoms with van der Waals surface area (Å²) in [7, 11) is 0. The van der Waals surface area contributed by atoms with Crippen LogP contribution in [0.1, 0.15) is 6.92 Å². The molecule has 0 aromatic heterocycles. The average molecular weight is 210 g/mol. The van der Waals surface area contributed by atoms with Crippen LogP contribution in [-0.2, 0) is 14.3 Å². The topological polar surface area (TPSA) is 55.4 Å². The fraction of sp³-hybridized carbons (Fsp3) is 0.600. The van der Waals surface area contributed by atoms with Gasteiger partial charge in [0.15, 0.2) is 6.73 Å². The molecule has 4 nitrogen and oxygen atoms in total. The van der Waals surface area contributed by atoms with Crippen molar-refractivity contribution in [2.75, 3.05) is 12.1 Å². The van der Waals surface area contributed by atoms with Gasteiger partial charge in [-0.1, -0.05) is 15.9 Å². The van der Waals surface area contributed by atoms with E-state index < -0.39 is 5.97 Å². The van der Waals surface area contributed by atoms with Crippen LogP contribution in [0.25, 0.3) is 0 Å². The lowest BCUT2D eigenvalue weighted by atomic mass is 10.7. The Morgan fingerprint density at radius 3 is 2.60 bits per heavy atom. The van der Waals surface area contributed by atoms with Crippen LogP contribution in [0.4, 0.5) is 0 Å². The Morgan fingerprint density at radius 1 is 1.60 bits per heavy atom. The summed E-state index contributed by atoms with van der Waals surface area (Å²) in [5.74, 6) is -0.615. The first kappa shape index (κ1) is 9.42. The molecule has 0 radical (unpaired) electrons. The van der Waals surface area contributed by atoms with Crippen molar-refractivity contribution in [1.82, 2.24) is 5.32 Å². The van der Waals surface area contributed by atoms with E-state index >= 15 is 0 Å². The van der Waals surface area contributed by atoms with Gasteiger partial charge in [-0.05, 0) is 0 Å². The van der Waals surface area contributed by atoms with Gasteiger partial charge < -0.3 is 10.1 Å². The summed E-state index contributed by atoms with van der Waals surface area (Å²) in [5.41, 5.74) is 0. The van der Waals surface area contributed by atoms with Crippen molar-refractivity contribution in [2.45, 2.75) is 6.92 Å². The van der Waals surface area contributed by atoms with Gasteiger partial charge in [0.1, 0.15) is 0 Å². The molecule has 0 aromatic carbocycles. The molecule has 0 fully saturated rings. The SMILES string of the molecule is CC(=O)OCNC(=O)CBr. The van der Waals surface area contributed by atoms with Crippen molar-refractivity contribution in [3.05, 3.63) is 0 Å². The Morgan fingerprint density at radius 2 is 2.20 bits per heavy atom. The fourth-order valence-electron chi connectivity index (χ4n) is 0.265. The number of carbonyl (C=O) groups excluding carboxylic acids is 2. The monoisotopic (exact) mass is 209 g/mol. The summed E-state index contributed by atoms with van der Waals surface area (Å²) in [6.07, 6.45) is 0. The van der Waals surface area contributed by atoms with Crippen LogP contribution in [0.3, 0.4) is 0 Å². The highest BCUT2D eigenvalue weighted by atomic mass is 79.9. The van der Waals surface area contributed by atoms with Gasteiger partial charge >= 0.3 is 5.97 Å². The van der Waals surface area contributed by atoms with Gasteiger partial charge in [0.2, 0.25) is 5.91 Å². The van der Waals surface area contributed by atoms with E-state index in [0.717, 1.165) is 0 Å². The standard InChI is InChI=1S/C5H8BrNO3/c1-4(8)10-3-7-5(9)2-6/h2-3H2,1H3,(H,7,9). The molecule has 1 N–H and O–H groups in total. The van der Waals surface area contributed by atoms with Gasteiger partial charge in [0.25, 0.3) is 0 Å². The number of carbonyl (C=O) groups is 2. The molecule has 1 amide bonds. The summed E-state index contributed by atoms with van der Waals surface area (Å²) in [6.45, 7) is 1.22. The number of amides is 1. The Kier molecular flexibility index (Phi) is 4.92. The molecule has 10 heavy (non-hydrogen) atoms. The lowest BCUT2D eigenvalue weighted by Crippen LogP contribution is -2.27. The van der Waals surface area contributed by atoms with E-state index in [9.17, 15) is 9.59 Å². The predicted octanol–water partition coefficient (Wildman–Crippen LogP) is 0.0181. The van der Waals surface area contributed by atoms with Crippen molar-refractivity contribution < 1.29 is 14.3 Å². The minimum absolute atomic E-state index is 0.0558. The summed E-state index contributed by atoms with van der Waals surface area (Å²) in [4.78, 5) is 20.6. The molecular weight excluding hydrogens is 202 g/mol. The first-order chi connectivity index (χ1) is 4.66. The lowest BCUT2D eigenvalue weighted by molar-refractivity contribution is -0.142. The van der Waals surface area contributed by atoms with Gasteiger partial charge in [-0.25, -0.2) is 0 Å². The first-order valence-electron chi connectivity index (χ1n) is 2.63. The van der Waals surface area contributed by atoms with Crippen molar-refractivity contribution in [1.29, 1.82) is 0 Å². The summed E-state index contributed by atoms with van der Waals surface area (Å²) < 4.78 is 4.42. The van der Waals surface area contributed by atoms with Gasteiger partial charge in [0.05, 0.1) is 5.33 Å². The third kappa shape index (κ3) is 5.55. The normalized spacial score (nSPS) is 8.60. The van der Waals surface area contributed by atoms with E-state index in [1.54, 1.807) is 0 Å². The summed E-state index contributed by atoms with van der Waals surface area (Å²) in [5, 5.41) is 2.55. The number of ether oxygens (including phenoxy) is 1. The highest BCUT2D eigenvalue weighted by Gasteiger charge is 1.96. The van der Waals surface area contributed by atoms with Crippen LogP contribution in [0, 0.1) is 0 Å². The lowest BCUT2D eigenvalue weighted by Gasteiger charge is -2.01. The Hall–Kier alpha value is -0.580. The zero-order valence-electron chi connectivity index (χ0n) is 5.52. The third-order valence-electron chi connectivity index (χ3n) is 0.666. The highest BCUT2D eigenvalue weighted by molar-refractivity contribution is 9.09. The third-order valence-corrected chi connectivity index (χ3v) is 1.18. The largest absolute Gasteiger partial charge is 0.445 e. The van der Waals surface area contributed by atoms with Gasteiger partial charge in [-0.2, -0.15) is 0 Å². The molecule has 0 atom stereocenters. The average Bonchev–Trinajstić information content (AvgIpc) is 1.87. The van der Waals surface area contributed by atoms with Crippen LogP contribution < -0.4 is 5.32 Å². The van der Waals surface area contributed by atoms with Crippen molar-refractivity contribution in [3.63, 3.8) is 0 Å². The maximum absolute atomic E-state index is 10.4. The highest BCUT2D eigenvalue weighted by Crippen LogP contribution is 1.78. The van der Waals surface area contributed by atoms with Crippen LogP contribution in [0.2, 0.25) is 0 Å². The minimum Gasteiger partial charge on any atom is -0.445 e. The van der Waals surface area contributed by atoms with Crippen molar-refractivity contribution in [2.24, 2.45) is 0 Å². The fourth-order valence-corrected chi connectivity index (χ4v) is 0.464. The second-order valence-electron chi connectivity index (χ2n) is 1.51. The molecule has 0 unspecified atom stereocenters. The number of nitrogens with one attached hydrogen (secondary N) is 1. The molecule has 0 aliphatic heterocycles. The number of rotatable bonds is 3. The molecule has 0 bridgehead atoms. The van der Waals surface area contributed by atoms with E-state index in [2.05, 4.69) is 26.0 Å². The number of halogens is 1. The zero-order valence-corrected chi connectivity index (χ0v) is 7.10. The quantitative estimate of drug-likeness (QED) is 0.405. The molecule has 0 saturated heterocycles. The minimum atomic E-state index is -0.408. The van der Waals surface area contributed by atoms with Gasteiger partial charge in [-0.3, -0.25) is 9.59 Å². The summed E-state index contributed by atoms with van der Waals surface area (Å²) >= 11 is 2.93. The molecule has 0 aromatic rings. The van der Waals surface area contributed by atoms with Crippen LogP contribution in [-0.4, -0.2) is 23.9 Å². The Bertz CT molecular complexity index is 137. The predicted molar refractivity (Wildman–Crippen MR) is 38.6 cm³/mol. The second kappa shape index (κ2) is 5.22. The van der Waals surface area contributed by atoms with Crippen LogP contribution in [0.15, 0.2) is 0 Å². The molecule has 0 aliphatic rings. The number of hydrogen-bond donors (Lipinski definition) is 1. The van der Waals surface area contributed by atoms with E-state index in [-0.39, 0.29) is 18.0 Å². The maximum Gasteiger partial charge on any atom is 0.304 e. The zero-order chi connectivity index (χ0) is 7.98. The first-order valence-corrected chi connectivity index (χ1v) is 3.75. The number of esters is 1. The van der Waals surface area contributed by atoms with Crippen LogP contribution in [0.5, 0.6) is 0 Å². The summed E-state index contributed by atoms with van der Waals surface area (Å²) in [6, 6.07) is 0. The van der Waals surface area contributed by atoms with E-state index in [1.807, 2.05) is 0 Å². The molecule has 0 aliphatic carbocycles. The maximum atomic E-state index is 10.4. The van der Waals surface area contributed by atoms with Crippen molar-refractivity contribution >= 4 is 27.8 Å². The van der Waals surface area contributed by atoms with Gasteiger partial charge in [0, 0.05) is 6.92 Å². The van der Waals surface area contributed by atoms with E-state index in [0.29, 0.717) is 0 Å². The molecule has 58 valence electrons. The smallest absolute Gasteiger partial charge is 0.304 e. The van der Waals surface area contributed by atoms with Gasteiger partial charge in [-0.15, -0.1) is 0 Å². The second-order valence-corrected chi connectivity index (χ2v) is 2.07. The van der Waals surface area contributed by atoms with E-state index in [1.165, 1.54) is 6.92 Å². The molecule has 5 heteroatoms. The molecule has 0 rings (SSSR count). The Balaban J connectivity index is 3.20. The molecule has 0 heterocycles. The van der Waals surface area contributed by atoms with E-state index in [4.69, 9.17) is 0 Å². The van der Waals surface area contributed by atoms with Crippen molar-refractivity contribution in [3.8, 4) is 0 Å². The number of alkyl halides is 1.